The number of benzene rings is 3. The quantitative estimate of drug-likeness (QED) is 0.109. The predicted molar refractivity (Wildman–Crippen MR) is 133 cm³/mol. The molecule has 3 aromatic carbocycles. The van der Waals surface area contributed by atoms with E-state index in [1.807, 2.05) is 19.1 Å². The first-order chi connectivity index (χ1) is 16.1. The van der Waals surface area contributed by atoms with Crippen LogP contribution >= 0.6 is 0 Å². The van der Waals surface area contributed by atoms with Gasteiger partial charge in [-0.25, -0.2) is 4.79 Å². The zero-order valence-electron chi connectivity index (χ0n) is 20.2. The average Bonchev–Trinajstić information content (AvgIpc) is 2.79. The van der Waals surface area contributed by atoms with Crippen LogP contribution in [0.3, 0.4) is 0 Å². The van der Waals surface area contributed by atoms with Crippen molar-refractivity contribution in [2.45, 2.75) is 47.0 Å². The number of ether oxygens (including phenoxy) is 2. The number of carbonyl (C=O) groups excluding carboxylic acids is 1. The van der Waals surface area contributed by atoms with E-state index in [1.54, 1.807) is 48.5 Å². The molecule has 0 fully saturated rings. The Morgan fingerprint density at radius 2 is 1.56 bits per heavy atom. The van der Waals surface area contributed by atoms with Gasteiger partial charge in [-0.05, 0) is 73.1 Å². The molecule has 0 atom stereocenters. The summed E-state index contributed by atoms with van der Waals surface area (Å²) in [5.74, 6) is 0.236. The maximum atomic E-state index is 12.3. The Labute approximate surface area is 200 Å². The van der Waals surface area contributed by atoms with E-state index < -0.39 is 10.9 Å². The van der Waals surface area contributed by atoms with Gasteiger partial charge in [0, 0.05) is 6.07 Å². The number of nitrogens with zero attached hydrogens (tertiary/aromatic N) is 1. The highest BCUT2D eigenvalue weighted by atomic mass is 16.6. The fourth-order valence-corrected chi connectivity index (χ4v) is 3.47. The van der Waals surface area contributed by atoms with Gasteiger partial charge in [0.15, 0.2) is 5.75 Å². The third-order valence-electron chi connectivity index (χ3n) is 5.42. The van der Waals surface area contributed by atoms with Gasteiger partial charge in [-0.15, -0.1) is 0 Å². The minimum Gasteiger partial charge on any atom is -0.487 e. The molecule has 0 aliphatic heterocycles. The number of nitro benzene ring substituents is 1. The summed E-state index contributed by atoms with van der Waals surface area (Å²) in [6.45, 7) is 8.97. The van der Waals surface area contributed by atoms with Crippen molar-refractivity contribution in [3.8, 4) is 22.6 Å². The third kappa shape index (κ3) is 7.17. The molecule has 0 spiro atoms. The highest BCUT2D eigenvalue weighted by Gasteiger charge is 2.17. The number of aryl methyl sites for hydroxylation is 1. The smallest absolute Gasteiger partial charge is 0.343 e. The van der Waals surface area contributed by atoms with Crippen LogP contribution in [0.2, 0.25) is 0 Å². The summed E-state index contributed by atoms with van der Waals surface area (Å²) in [6.07, 6.45) is 2.93. The molecule has 0 aromatic heterocycles. The van der Waals surface area contributed by atoms with Crippen molar-refractivity contribution in [2.75, 3.05) is 6.61 Å². The Bertz CT molecular complexity index is 1130. The van der Waals surface area contributed by atoms with Crippen LogP contribution in [0.25, 0.3) is 11.1 Å². The van der Waals surface area contributed by atoms with Gasteiger partial charge < -0.3 is 9.47 Å². The molecule has 34 heavy (non-hydrogen) atoms. The first-order valence-corrected chi connectivity index (χ1v) is 11.4. The molecule has 0 N–H and O–H groups in total. The number of nitro groups is 1. The zero-order chi connectivity index (χ0) is 24.7. The van der Waals surface area contributed by atoms with Crippen LogP contribution in [0.15, 0.2) is 66.7 Å². The van der Waals surface area contributed by atoms with E-state index in [9.17, 15) is 14.9 Å². The molecule has 3 rings (SSSR count). The van der Waals surface area contributed by atoms with Gasteiger partial charge in [0.2, 0.25) is 0 Å². The fraction of sp³-hybridized carbons (Fsp3) is 0.321. The second-order valence-corrected chi connectivity index (χ2v) is 9.59. The maximum Gasteiger partial charge on any atom is 0.343 e. The van der Waals surface area contributed by atoms with Crippen molar-refractivity contribution < 1.29 is 19.2 Å². The second-order valence-electron chi connectivity index (χ2n) is 9.59. The van der Waals surface area contributed by atoms with Gasteiger partial charge in [-0.1, -0.05) is 56.7 Å². The normalized spacial score (nSPS) is 11.2. The van der Waals surface area contributed by atoms with E-state index in [2.05, 4.69) is 20.8 Å². The lowest BCUT2D eigenvalue weighted by molar-refractivity contribution is -0.385. The van der Waals surface area contributed by atoms with E-state index in [0.29, 0.717) is 23.5 Å². The Morgan fingerprint density at radius 3 is 2.18 bits per heavy atom. The predicted octanol–water partition coefficient (Wildman–Crippen LogP) is 7.38. The van der Waals surface area contributed by atoms with E-state index >= 15 is 0 Å². The van der Waals surface area contributed by atoms with E-state index in [1.165, 1.54) is 6.07 Å². The lowest BCUT2D eigenvalue weighted by Crippen LogP contribution is -2.08. The van der Waals surface area contributed by atoms with E-state index in [4.69, 9.17) is 9.47 Å². The number of hydrogen-bond donors (Lipinski definition) is 0. The Balaban J connectivity index is 1.65. The third-order valence-corrected chi connectivity index (χ3v) is 5.42. The van der Waals surface area contributed by atoms with Gasteiger partial charge in [0.1, 0.15) is 5.75 Å². The topological polar surface area (TPSA) is 78.7 Å². The molecule has 0 bridgehead atoms. The van der Waals surface area contributed by atoms with Crippen molar-refractivity contribution >= 4 is 11.7 Å². The Kier molecular flexibility index (Phi) is 8.05. The summed E-state index contributed by atoms with van der Waals surface area (Å²) in [4.78, 5) is 23.5. The minimum atomic E-state index is -0.438. The second kappa shape index (κ2) is 11.0. The number of esters is 1. The van der Waals surface area contributed by atoms with Crippen molar-refractivity contribution in [2.24, 2.45) is 5.41 Å². The highest BCUT2D eigenvalue weighted by molar-refractivity contribution is 5.91. The first-order valence-electron chi connectivity index (χ1n) is 11.4. The molecule has 3 aromatic rings. The standard InChI is InChI=1S/C28H31NO5/c1-20-7-9-22(10-8-20)27(30)34-24-14-11-21(12-15-24)23-13-16-26(25(19-23)29(31)32)33-18-6-5-17-28(2,3)4/h7-16,19H,5-6,17-18H2,1-4H3. The maximum absolute atomic E-state index is 12.3. The van der Waals surface area contributed by atoms with Crippen LogP contribution in [0.4, 0.5) is 5.69 Å². The van der Waals surface area contributed by atoms with Gasteiger partial charge in [-0.2, -0.15) is 0 Å². The molecule has 0 aliphatic rings. The molecule has 0 unspecified atom stereocenters. The highest BCUT2D eigenvalue weighted by Crippen LogP contribution is 2.33. The molecule has 0 amide bonds. The number of unbranched alkanes of at least 4 members (excludes halogenated alkanes) is 1. The van der Waals surface area contributed by atoms with Crippen LogP contribution in [-0.4, -0.2) is 17.5 Å². The van der Waals surface area contributed by atoms with Crippen molar-refractivity contribution in [3.63, 3.8) is 0 Å². The van der Waals surface area contributed by atoms with Crippen molar-refractivity contribution in [1.82, 2.24) is 0 Å². The van der Waals surface area contributed by atoms with Gasteiger partial charge in [-0.3, -0.25) is 10.1 Å². The zero-order valence-corrected chi connectivity index (χ0v) is 20.2. The van der Waals surface area contributed by atoms with E-state index in [-0.39, 0.29) is 16.9 Å². The molecule has 0 saturated carbocycles. The Morgan fingerprint density at radius 1 is 0.912 bits per heavy atom. The van der Waals surface area contributed by atoms with Crippen molar-refractivity contribution in [1.29, 1.82) is 0 Å². The molecule has 0 heterocycles. The molecule has 6 nitrogen and oxygen atoms in total. The lowest BCUT2D eigenvalue weighted by Gasteiger charge is -2.17. The minimum absolute atomic E-state index is 0.0665. The summed E-state index contributed by atoms with van der Waals surface area (Å²) in [6, 6.07) is 19.0. The molecule has 6 heteroatoms. The number of rotatable bonds is 9. The van der Waals surface area contributed by atoms with Gasteiger partial charge in [0.25, 0.3) is 0 Å². The Hall–Kier alpha value is -3.67. The SMILES string of the molecule is Cc1ccc(C(=O)Oc2ccc(-c3ccc(OCCCCC(C)(C)C)c([N+](=O)[O-])c3)cc2)cc1. The largest absolute Gasteiger partial charge is 0.487 e. The fourth-order valence-electron chi connectivity index (χ4n) is 3.47. The van der Waals surface area contributed by atoms with Crippen LogP contribution in [0.5, 0.6) is 11.5 Å². The molecule has 0 aliphatic carbocycles. The molecule has 0 radical (unpaired) electrons. The summed E-state index contributed by atoms with van der Waals surface area (Å²) in [7, 11) is 0. The van der Waals surface area contributed by atoms with Crippen LogP contribution in [-0.2, 0) is 0 Å². The monoisotopic (exact) mass is 461 g/mol. The molecule has 0 saturated heterocycles. The van der Waals surface area contributed by atoms with E-state index in [0.717, 1.165) is 30.4 Å². The summed E-state index contributed by atoms with van der Waals surface area (Å²) in [5, 5.41) is 11.6. The molecular formula is C28H31NO5. The molecule has 178 valence electrons. The summed E-state index contributed by atoms with van der Waals surface area (Å²) >= 11 is 0. The van der Waals surface area contributed by atoms with Gasteiger partial charge >= 0.3 is 11.7 Å². The van der Waals surface area contributed by atoms with Crippen LogP contribution < -0.4 is 9.47 Å². The summed E-state index contributed by atoms with van der Waals surface area (Å²) < 4.78 is 11.1. The lowest BCUT2D eigenvalue weighted by atomic mass is 9.90. The number of carbonyl (C=O) groups is 1. The van der Waals surface area contributed by atoms with Crippen molar-refractivity contribution in [3.05, 3.63) is 88.0 Å². The van der Waals surface area contributed by atoms with Gasteiger partial charge in [0.05, 0.1) is 17.1 Å². The van der Waals surface area contributed by atoms with Crippen LogP contribution in [0, 0.1) is 22.5 Å². The number of hydrogen-bond acceptors (Lipinski definition) is 5. The first kappa shape index (κ1) is 25.0. The molecular weight excluding hydrogens is 430 g/mol. The van der Waals surface area contributed by atoms with Crippen LogP contribution in [0.1, 0.15) is 56.0 Å². The average molecular weight is 462 g/mol. The summed E-state index contributed by atoms with van der Waals surface area (Å²) in [5.41, 5.74) is 3.19.